The number of aliphatic hydroxyl groups excluding tert-OH is 1. The summed E-state index contributed by atoms with van der Waals surface area (Å²) in [7, 11) is 0. The molecule has 1 aliphatic carbocycles. The van der Waals surface area contributed by atoms with E-state index in [4.69, 9.17) is 9.15 Å². The zero-order chi connectivity index (χ0) is 14.2. The largest absolute Gasteiger partial charge is 0.467 e. The van der Waals surface area contributed by atoms with E-state index in [1.165, 1.54) is 32.1 Å². The van der Waals surface area contributed by atoms with E-state index in [-0.39, 0.29) is 0 Å². The van der Waals surface area contributed by atoms with Crippen molar-refractivity contribution >= 4 is 0 Å². The maximum absolute atomic E-state index is 9.89. The maximum Gasteiger partial charge on any atom is 0.129 e. The molecule has 1 aromatic heterocycles. The van der Waals surface area contributed by atoms with Crippen LogP contribution in [0.1, 0.15) is 44.8 Å². The fourth-order valence-corrected chi connectivity index (χ4v) is 2.83. The molecule has 1 unspecified atom stereocenters. The Hall–Kier alpha value is -0.840. The second kappa shape index (κ2) is 8.45. The van der Waals surface area contributed by atoms with E-state index in [2.05, 4.69) is 12.2 Å². The number of hydrogen-bond donors (Lipinski definition) is 2. The van der Waals surface area contributed by atoms with Crippen LogP contribution in [0.4, 0.5) is 0 Å². The first kappa shape index (κ1) is 15.5. The van der Waals surface area contributed by atoms with Crippen molar-refractivity contribution in [2.75, 3.05) is 13.2 Å². The van der Waals surface area contributed by atoms with E-state index >= 15 is 0 Å². The van der Waals surface area contributed by atoms with Crippen LogP contribution in [-0.4, -0.2) is 30.4 Å². The topological polar surface area (TPSA) is 54.6 Å². The Labute approximate surface area is 121 Å². The van der Waals surface area contributed by atoms with Crippen molar-refractivity contribution in [1.82, 2.24) is 5.32 Å². The van der Waals surface area contributed by atoms with Crippen molar-refractivity contribution in [3.8, 4) is 0 Å². The van der Waals surface area contributed by atoms with Gasteiger partial charge in [0, 0.05) is 12.6 Å². The highest BCUT2D eigenvalue weighted by molar-refractivity contribution is 4.96. The molecular weight excluding hydrogens is 254 g/mol. The molecule has 1 fully saturated rings. The molecule has 1 saturated carbocycles. The van der Waals surface area contributed by atoms with Crippen molar-refractivity contribution in [3.63, 3.8) is 0 Å². The molecule has 0 radical (unpaired) electrons. The molecular formula is C16H27NO3. The standard InChI is InChI=1S/C16H27NO3/c1-2-13-5-7-14(8-6-13)17-10-15(18)11-19-12-16-4-3-9-20-16/h3-4,9,13-15,17-18H,2,5-8,10-12H2,1H3. The van der Waals surface area contributed by atoms with Gasteiger partial charge in [0.05, 0.1) is 19.0 Å². The zero-order valence-electron chi connectivity index (χ0n) is 12.4. The first-order valence-electron chi connectivity index (χ1n) is 7.79. The van der Waals surface area contributed by atoms with Gasteiger partial charge in [0.25, 0.3) is 0 Å². The Bertz CT molecular complexity index is 345. The third-order valence-electron chi connectivity index (χ3n) is 4.20. The Morgan fingerprint density at radius 3 is 2.85 bits per heavy atom. The van der Waals surface area contributed by atoms with Crippen molar-refractivity contribution in [2.45, 2.75) is 57.8 Å². The molecule has 0 saturated heterocycles. The molecule has 0 amide bonds. The van der Waals surface area contributed by atoms with Crippen molar-refractivity contribution < 1.29 is 14.3 Å². The molecule has 1 heterocycles. The van der Waals surface area contributed by atoms with Gasteiger partial charge in [-0.1, -0.05) is 13.3 Å². The highest BCUT2D eigenvalue weighted by Gasteiger charge is 2.20. The van der Waals surface area contributed by atoms with Gasteiger partial charge in [0.1, 0.15) is 12.4 Å². The molecule has 4 nitrogen and oxygen atoms in total. The summed E-state index contributed by atoms with van der Waals surface area (Å²) in [5.41, 5.74) is 0. The van der Waals surface area contributed by atoms with Crippen LogP contribution in [-0.2, 0) is 11.3 Å². The number of nitrogens with one attached hydrogen (secondary N) is 1. The Morgan fingerprint density at radius 2 is 2.20 bits per heavy atom. The molecule has 2 N–H and O–H groups in total. The minimum atomic E-state index is -0.450. The summed E-state index contributed by atoms with van der Waals surface area (Å²) < 4.78 is 10.6. The van der Waals surface area contributed by atoms with Gasteiger partial charge in [-0.15, -0.1) is 0 Å². The van der Waals surface area contributed by atoms with Crippen molar-refractivity contribution in [3.05, 3.63) is 24.2 Å². The van der Waals surface area contributed by atoms with Crippen LogP contribution in [0.2, 0.25) is 0 Å². The van der Waals surface area contributed by atoms with Crippen LogP contribution in [0.3, 0.4) is 0 Å². The highest BCUT2D eigenvalue weighted by atomic mass is 16.5. The van der Waals surface area contributed by atoms with E-state index in [9.17, 15) is 5.11 Å². The summed E-state index contributed by atoms with van der Waals surface area (Å²) in [4.78, 5) is 0. The van der Waals surface area contributed by atoms with Gasteiger partial charge in [-0.05, 0) is 43.7 Å². The molecule has 1 aliphatic rings. The minimum Gasteiger partial charge on any atom is -0.467 e. The van der Waals surface area contributed by atoms with Crippen LogP contribution in [0, 0.1) is 5.92 Å². The Morgan fingerprint density at radius 1 is 1.40 bits per heavy atom. The summed E-state index contributed by atoms with van der Waals surface area (Å²) in [6.07, 6.45) is 7.59. The van der Waals surface area contributed by atoms with Gasteiger partial charge >= 0.3 is 0 Å². The van der Waals surface area contributed by atoms with E-state index in [0.29, 0.717) is 25.8 Å². The first-order chi connectivity index (χ1) is 9.78. The molecule has 1 atom stereocenters. The SMILES string of the molecule is CCC1CCC(NCC(O)COCc2ccco2)CC1. The van der Waals surface area contributed by atoms with Crippen molar-refractivity contribution in [2.24, 2.45) is 5.92 Å². The number of hydrogen-bond acceptors (Lipinski definition) is 4. The summed E-state index contributed by atoms with van der Waals surface area (Å²) in [6, 6.07) is 4.28. The third-order valence-corrected chi connectivity index (χ3v) is 4.20. The second-order valence-electron chi connectivity index (χ2n) is 5.78. The van der Waals surface area contributed by atoms with Gasteiger partial charge in [0.15, 0.2) is 0 Å². The third kappa shape index (κ3) is 5.27. The quantitative estimate of drug-likeness (QED) is 0.769. The van der Waals surface area contributed by atoms with E-state index < -0.39 is 6.10 Å². The minimum absolute atomic E-state index is 0.345. The fraction of sp³-hybridized carbons (Fsp3) is 0.750. The van der Waals surface area contributed by atoms with Crippen LogP contribution in [0.5, 0.6) is 0 Å². The van der Waals surface area contributed by atoms with Crippen molar-refractivity contribution in [1.29, 1.82) is 0 Å². The highest BCUT2D eigenvalue weighted by Crippen LogP contribution is 2.26. The van der Waals surface area contributed by atoms with Gasteiger partial charge < -0.3 is 19.6 Å². The lowest BCUT2D eigenvalue weighted by atomic mass is 9.84. The molecule has 1 aromatic rings. The Kier molecular flexibility index (Phi) is 6.57. The number of rotatable bonds is 8. The van der Waals surface area contributed by atoms with Crippen LogP contribution in [0.25, 0.3) is 0 Å². The van der Waals surface area contributed by atoms with Gasteiger partial charge in [-0.3, -0.25) is 0 Å². The van der Waals surface area contributed by atoms with Gasteiger partial charge in [-0.25, -0.2) is 0 Å². The van der Waals surface area contributed by atoms with E-state index in [1.807, 2.05) is 12.1 Å². The average Bonchev–Trinajstić information content (AvgIpc) is 2.99. The number of furan rings is 1. The fourth-order valence-electron chi connectivity index (χ4n) is 2.83. The average molecular weight is 281 g/mol. The van der Waals surface area contributed by atoms with E-state index in [1.54, 1.807) is 6.26 Å². The molecule has 20 heavy (non-hydrogen) atoms. The van der Waals surface area contributed by atoms with E-state index in [0.717, 1.165) is 11.7 Å². The second-order valence-corrected chi connectivity index (χ2v) is 5.78. The monoisotopic (exact) mass is 281 g/mol. The molecule has 2 rings (SSSR count). The predicted octanol–water partition coefficient (Wildman–Crippen LogP) is 2.72. The molecule has 4 heteroatoms. The number of aliphatic hydroxyl groups is 1. The predicted molar refractivity (Wildman–Crippen MR) is 78.4 cm³/mol. The molecule has 0 bridgehead atoms. The van der Waals surface area contributed by atoms with Crippen LogP contribution in [0.15, 0.2) is 22.8 Å². The molecule has 114 valence electrons. The maximum atomic E-state index is 9.89. The summed E-state index contributed by atoms with van der Waals surface area (Å²) >= 11 is 0. The lowest BCUT2D eigenvalue weighted by molar-refractivity contribution is 0.0207. The van der Waals surface area contributed by atoms with Crippen LogP contribution < -0.4 is 5.32 Å². The van der Waals surface area contributed by atoms with Gasteiger partial charge in [-0.2, -0.15) is 0 Å². The number of ether oxygens (including phenoxy) is 1. The normalized spacial score (nSPS) is 24.7. The summed E-state index contributed by atoms with van der Waals surface area (Å²) in [5, 5.41) is 13.3. The Balaban J connectivity index is 1.53. The van der Waals surface area contributed by atoms with Crippen LogP contribution >= 0.6 is 0 Å². The molecule has 0 spiro atoms. The van der Waals surface area contributed by atoms with Gasteiger partial charge in [0.2, 0.25) is 0 Å². The molecule has 0 aromatic carbocycles. The first-order valence-corrected chi connectivity index (χ1v) is 7.79. The lowest BCUT2D eigenvalue weighted by Crippen LogP contribution is -2.39. The lowest BCUT2D eigenvalue weighted by Gasteiger charge is -2.29. The summed E-state index contributed by atoms with van der Waals surface area (Å²) in [6.45, 7) is 3.65. The smallest absolute Gasteiger partial charge is 0.129 e. The summed E-state index contributed by atoms with van der Waals surface area (Å²) in [5.74, 6) is 1.71. The zero-order valence-corrected chi connectivity index (χ0v) is 12.4. The molecule has 0 aliphatic heterocycles.